The molecular weight excluding hydrogens is 560 g/mol. The van der Waals surface area contributed by atoms with E-state index in [9.17, 15) is 24.0 Å². The number of carbonyl (C=O) groups is 5. The van der Waals surface area contributed by atoms with Gasteiger partial charge in [0.15, 0.2) is 0 Å². The fraction of sp³-hybridized carbons (Fsp3) is 0.452. The van der Waals surface area contributed by atoms with E-state index in [1.807, 2.05) is 0 Å². The summed E-state index contributed by atoms with van der Waals surface area (Å²) in [6.45, 7) is 14.2. The summed E-state index contributed by atoms with van der Waals surface area (Å²) < 4.78 is 26.1. The van der Waals surface area contributed by atoms with Crippen molar-refractivity contribution < 1.29 is 47.7 Å². The largest absolute Gasteiger partial charge is 0.462 e. The van der Waals surface area contributed by atoms with E-state index in [1.54, 1.807) is 25.1 Å². The van der Waals surface area contributed by atoms with Crippen molar-refractivity contribution in [2.24, 2.45) is 11.3 Å². The minimum Gasteiger partial charge on any atom is -0.462 e. The molecule has 12 nitrogen and oxygen atoms in total. The Labute approximate surface area is 252 Å². The molecule has 43 heavy (non-hydrogen) atoms. The van der Waals surface area contributed by atoms with Crippen LogP contribution in [0.25, 0.3) is 0 Å². The van der Waals surface area contributed by atoms with E-state index in [4.69, 9.17) is 23.7 Å². The second-order valence-corrected chi connectivity index (χ2v) is 9.75. The van der Waals surface area contributed by atoms with Crippen molar-refractivity contribution in [3.05, 3.63) is 61.7 Å². The number of hydrogen-bond acceptors (Lipinski definition) is 10. The number of benzene rings is 1. The summed E-state index contributed by atoms with van der Waals surface area (Å²) in [4.78, 5) is 60.5. The lowest BCUT2D eigenvalue weighted by Gasteiger charge is -2.31. The zero-order valence-corrected chi connectivity index (χ0v) is 25.1. The first kappa shape index (κ1) is 36.4. The first-order chi connectivity index (χ1) is 20.5. The van der Waals surface area contributed by atoms with Gasteiger partial charge in [-0.05, 0) is 37.0 Å². The molecule has 0 radical (unpaired) electrons. The fourth-order valence-electron chi connectivity index (χ4n) is 3.61. The minimum atomic E-state index is -1.48. The molecule has 0 bridgehead atoms. The van der Waals surface area contributed by atoms with Crippen LogP contribution in [0.5, 0.6) is 0 Å². The maximum atomic E-state index is 12.8. The van der Waals surface area contributed by atoms with Crippen molar-refractivity contribution in [2.75, 3.05) is 43.7 Å². The quantitative estimate of drug-likeness (QED) is 0.118. The van der Waals surface area contributed by atoms with Crippen LogP contribution in [0.4, 0.5) is 21.0 Å². The molecule has 1 aromatic rings. The molecule has 0 spiro atoms. The standard InChI is InChI=1S/C31H42N2O10/c1-7-12-14-23(8-2)17-39-29(37)32-24-15-13-16-25(22(24)6)33-30(38)43-21-31(18-40-26(34)9-3,19-41-27(35)10-4)20-42-28(36)11-5/h9-11,13,15-16,23H,3-5,7-8,12,14,17-21H2,1-2,6H3,(H,32,37)(H,33,38). The Balaban J connectivity index is 2.99. The minimum absolute atomic E-state index is 0.280. The molecule has 1 unspecified atom stereocenters. The highest BCUT2D eigenvalue weighted by molar-refractivity contribution is 5.91. The van der Waals surface area contributed by atoms with Crippen molar-refractivity contribution in [1.29, 1.82) is 0 Å². The molecular formula is C31H42N2O10. The number of amides is 2. The van der Waals surface area contributed by atoms with Gasteiger partial charge in [-0.15, -0.1) is 0 Å². The van der Waals surface area contributed by atoms with Crippen LogP contribution in [0.2, 0.25) is 0 Å². The third kappa shape index (κ3) is 13.7. The summed E-state index contributed by atoms with van der Waals surface area (Å²) in [7, 11) is 0. The highest BCUT2D eigenvalue weighted by Crippen LogP contribution is 2.25. The molecule has 0 aliphatic rings. The molecule has 1 atom stereocenters. The van der Waals surface area contributed by atoms with E-state index in [0.717, 1.165) is 43.9 Å². The van der Waals surface area contributed by atoms with Crippen LogP contribution in [-0.2, 0) is 38.1 Å². The van der Waals surface area contributed by atoms with E-state index in [2.05, 4.69) is 44.2 Å². The molecule has 1 rings (SSSR count). The van der Waals surface area contributed by atoms with Crippen LogP contribution in [0.15, 0.2) is 56.2 Å². The molecule has 0 aliphatic carbocycles. The number of carbonyl (C=O) groups excluding carboxylic acids is 5. The van der Waals surface area contributed by atoms with Crippen LogP contribution in [0, 0.1) is 18.3 Å². The summed E-state index contributed by atoms with van der Waals surface area (Å²) in [5.41, 5.74) is -0.205. The number of nitrogens with one attached hydrogen (secondary N) is 2. The average Bonchev–Trinajstić information content (AvgIpc) is 3.01. The number of ether oxygens (including phenoxy) is 5. The predicted octanol–water partition coefficient (Wildman–Crippen LogP) is 5.48. The van der Waals surface area contributed by atoms with Gasteiger partial charge in [0.25, 0.3) is 0 Å². The summed E-state index contributed by atoms with van der Waals surface area (Å²) in [5.74, 6) is -2.13. The number of rotatable bonds is 19. The van der Waals surface area contributed by atoms with Crippen LogP contribution in [0.3, 0.4) is 0 Å². The van der Waals surface area contributed by atoms with Gasteiger partial charge in [0.05, 0.1) is 6.61 Å². The van der Waals surface area contributed by atoms with Gasteiger partial charge in [-0.3, -0.25) is 10.6 Å². The SMILES string of the molecule is C=CC(=O)OCC(COC(=O)C=C)(COC(=O)C=C)COC(=O)Nc1cccc(NC(=O)OCC(CC)CCCC)c1C. The molecule has 0 aromatic heterocycles. The maximum absolute atomic E-state index is 12.8. The Morgan fingerprint density at radius 2 is 1.21 bits per heavy atom. The molecule has 2 N–H and O–H groups in total. The Bertz CT molecular complexity index is 1090. The maximum Gasteiger partial charge on any atom is 0.411 e. The van der Waals surface area contributed by atoms with Gasteiger partial charge in [-0.2, -0.15) is 0 Å². The fourth-order valence-corrected chi connectivity index (χ4v) is 3.61. The lowest BCUT2D eigenvalue weighted by Crippen LogP contribution is -2.44. The molecule has 0 saturated carbocycles. The molecule has 0 heterocycles. The van der Waals surface area contributed by atoms with E-state index in [0.29, 0.717) is 23.5 Å². The van der Waals surface area contributed by atoms with Crippen molar-refractivity contribution >= 4 is 41.5 Å². The van der Waals surface area contributed by atoms with E-state index >= 15 is 0 Å². The van der Waals surface area contributed by atoms with E-state index in [-0.39, 0.29) is 5.92 Å². The Morgan fingerprint density at radius 3 is 1.63 bits per heavy atom. The van der Waals surface area contributed by atoms with Gasteiger partial charge >= 0.3 is 30.1 Å². The topological polar surface area (TPSA) is 156 Å². The summed E-state index contributed by atoms with van der Waals surface area (Å²) in [5, 5.41) is 5.27. The van der Waals surface area contributed by atoms with Crippen molar-refractivity contribution in [3.8, 4) is 0 Å². The van der Waals surface area contributed by atoms with Gasteiger partial charge in [-0.1, -0.05) is 58.9 Å². The zero-order valence-electron chi connectivity index (χ0n) is 25.1. The Hall–Kier alpha value is -4.61. The molecule has 0 fully saturated rings. The van der Waals surface area contributed by atoms with E-state index < -0.39 is 61.9 Å². The summed E-state index contributed by atoms with van der Waals surface area (Å²) >= 11 is 0. The first-order valence-electron chi connectivity index (χ1n) is 13.9. The summed E-state index contributed by atoms with van der Waals surface area (Å²) in [6.07, 6.45) is 5.22. The Kier molecular flexibility index (Phi) is 16.5. The zero-order chi connectivity index (χ0) is 32.3. The van der Waals surface area contributed by atoms with Crippen molar-refractivity contribution in [3.63, 3.8) is 0 Å². The number of unbranched alkanes of at least 4 members (excludes halogenated alkanes) is 1. The normalized spacial score (nSPS) is 11.2. The van der Waals surface area contributed by atoms with Gasteiger partial charge < -0.3 is 23.7 Å². The molecule has 236 valence electrons. The monoisotopic (exact) mass is 602 g/mol. The van der Waals surface area contributed by atoms with E-state index in [1.165, 1.54) is 0 Å². The third-order valence-corrected chi connectivity index (χ3v) is 6.37. The van der Waals surface area contributed by atoms with Gasteiger partial charge in [0, 0.05) is 29.6 Å². The molecule has 0 saturated heterocycles. The molecule has 2 amide bonds. The average molecular weight is 603 g/mol. The number of hydrogen-bond donors (Lipinski definition) is 2. The first-order valence-corrected chi connectivity index (χ1v) is 13.9. The third-order valence-electron chi connectivity index (χ3n) is 6.37. The van der Waals surface area contributed by atoms with Crippen molar-refractivity contribution in [2.45, 2.75) is 46.5 Å². The molecule has 12 heteroatoms. The Morgan fingerprint density at radius 1 is 0.767 bits per heavy atom. The van der Waals surface area contributed by atoms with Crippen molar-refractivity contribution in [1.82, 2.24) is 0 Å². The lowest BCUT2D eigenvalue weighted by molar-refractivity contribution is -0.158. The summed E-state index contributed by atoms with van der Waals surface area (Å²) in [6, 6.07) is 4.88. The van der Waals surface area contributed by atoms with Crippen LogP contribution in [-0.4, -0.2) is 63.1 Å². The number of esters is 3. The smallest absolute Gasteiger partial charge is 0.411 e. The second-order valence-electron chi connectivity index (χ2n) is 9.75. The molecule has 0 aliphatic heterocycles. The van der Waals surface area contributed by atoms with Crippen LogP contribution in [0.1, 0.15) is 45.1 Å². The number of anilines is 2. The second kappa shape index (κ2) is 19.5. The highest BCUT2D eigenvalue weighted by atomic mass is 16.6. The van der Waals surface area contributed by atoms with Gasteiger partial charge in [0.1, 0.15) is 31.8 Å². The lowest BCUT2D eigenvalue weighted by atomic mass is 9.92. The van der Waals surface area contributed by atoms with Gasteiger partial charge in [0.2, 0.25) is 0 Å². The van der Waals surface area contributed by atoms with Gasteiger partial charge in [-0.25, -0.2) is 24.0 Å². The predicted molar refractivity (Wildman–Crippen MR) is 160 cm³/mol. The molecule has 1 aromatic carbocycles. The van der Waals surface area contributed by atoms with Crippen LogP contribution < -0.4 is 10.6 Å². The van der Waals surface area contributed by atoms with Crippen LogP contribution >= 0.6 is 0 Å². The highest BCUT2D eigenvalue weighted by Gasteiger charge is 2.37.